The predicted molar refractivity (Wildman–Crippen MR) is 57.4 cm³/mol. The molecule has 0 aliphatic heterocycles. The summed E-state index contributed by atoms with van der Waals surface area (Å²) in [6, 6.07) is 3.41. The number of hydrogen-bond acceptors (Lipinski definition) is 2. The molecule has 0 amide bonds. The number of aryl methyl sites for hydroxylation is 1. The van der Waals surface area contributed by atoms with E-state index in [-0.39, 0.29) is 11.4 Å². The zero-order chi connectivity index (χ0) is 11.1. The van der Waals surface area contributed by atoms with Crippen LogP contribution in [0.3, 0.4) is 0 Å². The van der Waals surface area contributed by atoms with E-state index < -0.39 is 0 Å². The Morgan fingerprint density at radius 2 is 2.07 bits per heavy atom. The van der Waals surface area contributed by atoms with Crippen molar-refractivity contribution in [2.24, 2.45) is 5.73 Å². The van der Waals surface area contributed by atoms with Gasteiger partial charge < -0.3 is 10.5 Å². The van der Waals surface area contributed by atoms with Gasteiger partial charge >= 0.3 is 0 Å². The Labute approximate surface area is 89.2 Å². The summed E-state index contributed by atoms with van der Waals surface area (Å²) < 4.78 is 18.7. The molecule has 2 rings (SSSR count). The minimum Gasteiger partial charge on any atom is -0.493 e. The van der Waals surface area contributed by atoms with Crippen LogP contribution in [0.15, 0.2) is 12.1 Å². The van der Waals surface area contributed by atoms with Gasteiger partial charge in [-0.1, -0.05) is 6.07 Å². The van der Waals surface area contributed by atoms with Crippen LogP contribution in [0.4, 0.5) is 4.39 Å². The van der Waals surface area contributed by atoms with E-state index in [1.54, 1.807) is 0 Å². The largest absolute Gasteiger partial charge is 0.493 e. The first-order chi connectivity index (χ1) is 7.07. The number of nitrogens with two attached hydrogens (primary N) is 1. The fraction of sp³-hybridized carbons (Fsp3) is 0.500. The molecule has 3 heteroatoms. The molecule has 0 heterocycles. The molecule has 82 valence electrons. The topological polar surface area (TPSA) is 35.2 Å². The van der Waals surface area contributed by atoms with Gasteiger partial charge in [-0.2, -0.15) is 0 Å². The summed E-state index contributed by atoms with van der Waals surface area (Å²) in [4.78, 5) is 0. The third kappa shape index (κ3) is 1.61. The molecule has 0 bridgehead atoms. The lowest BCUT2D eigenvalue weighted by atomic mass is 9.72. The first kappa shape index (κ1) is 10.4. The Hall–Kier alpha value is -1.09. The van der Waals surface area contributed by atoms with Gasteiger partial charge in [0.05, 0.1) is 7.11 Å². The van der Waals surface area contributed by atoms with E-state index in [4.69, 9.17) is 10.5 Å². The molecule has 1 aliphatic rings. The quantitative estimate of drug-likeness (QED) is 0.812. The Bertz CT molecular complexity index is 385. The SMILES string of the molecule is COc1c(F)cc(C)cc1C1(N)CCC1. The Morgan fingerprint density at radius 1 is 1.40 bits per heavy atom. The summed E-state index contributed by atoms with van der Waals surface area (Å²) in [6.45, 7) is 1.87. The summed E-state index contributed by atoms with van der Waals surface area (Å²) in [5, 5.41) is 0. The number of rotatable bonds is 2. The molecule has 0 saturated heterocycles. The van der Waals surface area contributed by atoms with E-state index in [2.05, 4.69) is 0 Å². The van der Waals surface area contributed by atoms with E-state index in [1.807, 2.05) is 13.0 Å². The summed E-state index contributed by atoms with van der Waals surface area (Å²) in [5.74, 6) is -0.00738. The maximum absolute atomic E-state index is 13.6. The Morgan fingerprint density at radius 3 is 2.53 bits per heavy atom. The van der Waals surface area contributed by atoms with Crippen molar-refractivity contribution in [2.75, 3.05) is 7.11 Å². The van der Waals surface area contributed by atoms with Crippen molar-refractivity contribution in [1.29, 1.82) is 0 Å². The second kappa shape index (κ2) is 3.49. The van der Waals surface area contributed by atoms with Crippen LogP contribution in [0.2, 0.25) is 0 Å². The number of benzene rings is 1. The highest BCUT2D eigenvalue weighted by Crippen LogP contribution is 2.43. The van der Waals surface area contributed by atoms with E-state index in [0.717, 1.165) is 30.4 Å². The highest BCUT2D eigenvalue weighted by Gasteiger charge is 2.37. The van der Waals surface area contributed by atoms with Crippen LogP contribution >= 0.6 is 0 Å². The van der Waals surface area contributed by atoms with Crippen molar-refractivity contribution < 1.29 is 9.13 Å². The van der Waals surface area contributed by atoms with Crippen LogP contribution in [0.5, 0.6) is 5.75 Å². The lowest BCUT2D eigenvalue weighted by molar-refractivity contribution is 0.240. The van der Waals surface area contributed by atoms with Crippen molar-refractivity contribution in [3.63, 3.8) is 0 Å². The molecule has 0 unspecified atom stereocenters. The van der Waals surface area contributed by atoms with Crippen molar-refractivity contribution in [1.82, 2.24) is 0 Å². The molecule has 0 aromatic heterocycles. The highest BCUT2D eigenvalue weighted by molar-refractivity contribution is 5.44. The first-order valence-corrected chi connectivity index (χ1v) is 5.20. The summed E-state index contributed by atoms with van der Waals surface area (Å²) in [7, 11) is 1.49. The molecule has 15 heavy (non-hydrogen) atoms. The van der Waals surface area contributed by atoms with Gasteiger partial charge in [0.25, 0.3) is 0 Å². The second-order valence-electron chi connectivity index (χ2n) is 4.34. The van der Waals surface area contributed by atoms with E-state index in [9.17, 15) is 4.39 Å². The predicted octanol–water partition coefficient (Wildman–Crippen LogP) is 2.48. The molecular formula is C12H16FNO. The fourth-order valence-corrected chi connectivity index (χ4v) is 2.13. The Kier molecular flexibility index (Phi) is 2.43. The lowest BCUT2D eigenvalue weighted by Crippen LogP contribution is -2.43. The van der Waals surface area contributed by atoms with E-state index in [0.29, 0.717) is 5.75 Å². The van der Waals surface area contributed by atoms with Crippen LogP contribution in [-0.4, -0.2) is 7.11 Å². The molecule has 2 nitrogen and oxygen atoms in total. The maximum atomic E-state index is 13.6. The van der Waals surface area contributed by atoms with Crippen LogP contribution in [0.25, 0.3) is 0 Å². The molecule has 1 aromatic carbocycles. The zero-order valence-electron chi connectivity index (χ0n) is 9.14. The van der Waals surface area contributed by atoms with Gasteiger partial charge in [-0.25, -0.2) is 4.39 Å². The molecule has 0 spiro atoms. The van der Waals surface area contributed by atoms with Gasteiger partial charge in [0.1, 0.15) is 0 Å². The van der Waals surface area contributed by atoms with Crippen LogP contribution < -0.4 is 10.5 Å². The summed E-state index contributed by atoms with van der Waals surface area (Å²) >= 11 is 0. The van der Waals surface area contributed by atoms with Gasteiger partial charge in [-0.3, -0.25) is 0 Å². The number of halogens is 1. The van der Waals surface area contributed by atoms with Crippen LogP contribution in [-0.2, 0) is 5.54 Å². The number of hydrogen-bond donors (Lipinski definition) is 1. The second-order valence-corrected chi connectivity index (χ2v) is 4.34. The molecule has 0 atom stereocenters. The van der Waals surface area contributed by atoms with Gasteiger partial charge in [-0.05, 0) is 37.8 Å². The first-order valence-electron chi connectivity index (χ1n) is 5.20. The Balaban J connectivity index is 2.53. The van der Waals surface area contributed by atoms with Gasteiger partial charge in [0, 0.05) is 11.1 Å². The van der Waals surface area contributed by atoms with E-state index in [1.165, 1.54) is 13.2 Å². The number of methoxy groups -OCH3 is 1. The molecule has 1 fully saturated rings. The molecular weight excluding hydrogens is 193 g/mol. The third-order valence-electron chi connectivity index (χ3n) is 3.17. The third-order valence-corrected chi connectivity index (χ3v) is 3.17. The molecule has 2 N–H and O–H groups in total. The lowest BCUT2D eigenvalue weighted by Gasteiger charge is -2.39. The fourth-order valence-electron chi connectivity index (χ4n) is 2.13. The standard InChI is InChI=1S/C12H16FNO/c1-8-6-9(12(14)4-3-5-12)11(15-2)10(13)7-8/h6-7H,3-5,14H2,1-2H3. The van der Waals surface area contributed by atoms with E-state index >= 15 is 0 Å². The number of ether oxygens (including phenoxy) is 1. The van der Waals surface area contributed by atoms with Crippen molar-refractivity contribution in [2.45, 2.75) is 31.7 Å². The monoisotopic (exact) mass is 209 g/mol. The minimum absolute atomic E-state index is 0.308. The maximum Gasteiger partial charge on any atom is 0.165 e. The molecule has 1 aromatic rings. The summed E-state index contributed by atoms with van der Waals surface area (Å²) in [5.41, 5.74) is 7.52. The molecule has 1 saturated carbocycles. The average Bonchev–Trinajstić information content (AvgIpc) is 2.13. The summed E-state index contributed by atoms with van der Waals surface area (Å²) in [6.07, 6.45) is 2.92. The average molecular weight is 209 g/mol. The van der Waals surface area contributed by atoms with Gasteiger partial charge in [-0.15, -0.1) is 0 Å². The molecule has 0 radical (unpaired) electrons. The van der Waals surface area contributed by atoms with Gasteiger partial charge in [0.2, 0.25) is 0 Å². The van der Waals surface area contributed by atoms with Gasteiger partial charge in [0.15, 0.2) is 11.6 Å². The highest BCUT2D eigenvalue weighted by atomic mass is 19.1. The van der Waals surface area contributed by atoms with Crippen molar-refractivity contribution >= 4 is 0 Å². The minimum atomic E-state index is -0.377. The van der Waals surface area contributed by atoms with Crippen molar-refractivity contribution in [3.05, 3.63) is 29.1 Å². The van der Waals surface area contributed by atoms with Crippen LogP contribution in [0, 0.1) is 12.7 Å². The molecule has 1 aliphatic carbocycles. The zero-order valence-corrected chi connectivity index (χ0v) is 9.14. The van der Waals surface area contributed by atoms with Crippen LogP contribution in [0.1, 0.15) is 30.4 Å². The smallest absolute Gasteiger partial charge is 0.165 e. The van der Waals surface area contributed by atoms with Crippen molar-refractivity contribution in [3.8, 4) is 5.75 Å². The normalized spacial score (nSPS) is 18.4.